The first-order valence-electron chi connectivity index (χ1n) is 4.70. The molecule has 0 heterocycles. The van der Waals surface area contributed by atoms with Crippen molar-refractivity contribution in [3.05, 3.63) is 0 Å². The molecule has 0 fully saturated rings. The van der Waals surface area contributed by atoms with Gasteiger partial charge in [-0.1, -0.05) is 12.1 Å². The molecule has 88 valence electrons. The average molecular weight is 217 g/mol. The predicted molar refractivity (Wildman–Crippen MR) is 56.8 cm³/mol. The van der Waals surface area contributed by atoms with Gasteiger partial charge in [-0.25, -0.2) is 4.79 Å². The third-order valence-corrected chi connectivity index (χ3v) is 1.57. The molecular weight excluding hydrogens is 198 g/mol. The summed E-state index contributed by atoms with van der Waals surface area (Å²) >= 11 is 0. The van der Waals surface area contributed by atoms with Gasteiger partial charge < -0.3 is 21.0 Å². The molecule has 0 aromatic carbocycles. The van der Waals surface area contributed by atoms with Crippen LogP contribution >= 0.6 is 0 Å². The number of hydrogen-bond donors (Lipinski definition) is 3. The van der Waals surface area contributed by atoms with Crippen LogP contribution in [0, 0.1) is 5.92 Å². The number of nitrogens with two attached hydrogens (primary N) is 1. The van der Waals surface area contributed by atoms with Crippen LogP contribution in [-0.2, 0) is 4.74 Å². The zero-order valence-corrected chi connectivity index (χ0v) is 9.57. The Morgan fingerprint density at radius 1 is 1.60 bits per heavy atom. The van der Waals surface area contributed by atoms with Crippen molar-refractivity contribution in [2.24, 2.45) is 16.8 Å². The number of nitrogens with one attached hydrogen (secondary N) is 1. The van der Waals surface area contributed by atoms with E-state index >= 15 is 0 Å². The Morgan fingerprint density at radius 3 is 2.53 bits per heavy atom. The van der Waals surface area contributed by atoms with E-state index in [1.54, 1.807) is 27.7 Å². The number of carbonyl (C=O) groups excluding carboxylic acids is 1. The highest BCUT2D eigenvalue weighted by Crippen LogP contribution is 2.06. The Morgan fingerprint density at radius 2 is 2.13 bits per heavy atom. The molecule has 0 rings (SSSR count). The van der Waals surface area contributed by atoms with Crippen LogP contribution in [-0.4, -0.2) is 29.3 Å². The van der Waals surface area contributed by atoms with Crippen LogP contribution in [0.3, 0.4) is 0 Å². The fourth-order valence-corrected chi connectivity index (χ4v) is 0.754. The van der Waals surface area contributed by atoms with Gasteiger partial charge in [-0.15, -0.1) is 0 Å². The van der Waals surface area contributed by atoms with Crippen LogP contribution in [0.4, 0.5) is 4.79 Å². The normalized spacial score (nSPS) is 14.5. The number of nitrogens with zero attached hydrogens (tertiary/aromatic N) is 1. The summed E-state index contributed by atoms with van der Waals surface area (Å²) in [4.78, 5) is 11.2. The first-order valence-corrected chi connectivity index (χ1v) is 4.70. The van der Waals surface area contributed by atoms with Crippen LogP contribution in [0.2, 0.25) is 0 Å². The van der Waals surface area contributed by atoms with Crippen LogP contribution in [0.25, 0.3) is 0 Å². The summed E-state index contributed by atoms with van der Waals surface area (Å²) < 4.78 is 5.01. The zero-order chi connectivity index (χ0) is 12.1. The fraction of sp³-hybridized carbons (Fsp3) is 0.778. The Kier molecular flexibility index (Phi) is 4.90. The largest absolute Gasteiger partial charge is 0.444 e. The van der Waals surface area contributed by atoms with Crippen molar-refractivity contribution < 1.29 is 14.7 Å². The minimum atomic E-state index is -0.524. The van der Waals surface area contributed by atoms with Crippen molar-refractivity contribution in [3.63, 3.8) is 0 Å². The molecule has 4 N–H and O–H groups in total. The van der Waals surface area contributed by atoms with E-state index < -0.39 is 11.7 Å². The summed E-state index contributed by atoms with van der Waals surface area (Å²) in [6, 6.07) is 0. The number of carbonyl (C=O) groups is 1. The Hall–Kier alpha value is -1.46. The molecule has 0 spiro atoms. The fourth-order valence-electron chi connectivity index (χ4n) is 0.754. The first-order chi connectivity index (χ1) is 6.76. The van der Waals surface area contributed by atoms with Crippen LogP contribution in [0.1, 0.15) is 27.7 Å². The van der Waals surface area contributed by atoms with E-state index in [1.165, 1.54) is 0 Å². The van der Waals surface area contributed by atoms with Gasteiger partial charge in [0.1, 0.15) is 11.4 Å². The molecule has 0 saturated carbocycles. The van der Waals surface area contributed by atoms with Gasteiger partial charge in [0.2, 0.25) is 0 Å². The third kappa shape index (κ3) is 6.59. The van der Waals surface area contributed by atoms with Gasteiger partial charge in [0.25, 0.3) is 0 Å². The second-order valence-corrected chi connectivity index (χ2v) is 4.31. The van der Waals surface area contributed by atoms with E-state index in [1.807, 2.05) is 0 Å². The van der Waals surface area contributed by atoms with Gasteiger partial charge in [0, 0.05) is 12.5 Å². The number of oxime groups is 1. The highest BCUT2D eigenvalue weighted by molar-refractivity contribution is 5.82. The van der Waals surface area contributed by atoms with Crippen molar-refractivity contribution in [2.75, 3.05) is 6.54 Å². The average Bonchev–Trinajstić information content (AvgIpc) is 2.10. The van der Waals surface area contributed by atoms with Crippen LogP contribution < -0.4 is 11.1 Å². The van der Waals surface area contributed by atoms with Crippen molar-refractivity contribution in [1.29, 1.82) is 0 Å². The Bertz CT molecular complexity index is 245. The van der Waals surface area contributed by atoms with Gasteiger partial charge in [-0.2, -0.15) is 0 Å². The Labute approximate surface area is 89.5 Å². The smallest absolute Gasteiger partial charge is 0.407 e. The third-order valence-electron chi connectivity index (χ3n) is 1.57. The topological polar surface area (TPSA) is 96.9 Å². The Balaban J connectivity index is 3.92. The predicted octanol–water partition coefficient (Wildman–Crippen LogP) is 0.894. The molecule has 0 aromatic heterocycles. The van der Waals surface area contributed by atoms with E-state index in [9.17, 15) is 4.79 Å². The molecule has 1 unspecified atom stereocenters. The van der Waals surface area contributed by atoms with E-state index in [0.717, 1.165) is 0 Å². The lowest BCUT2D eigenvalue weighted by atomic mass is 10.1. The highest BCUT2D eigenvalue weighted by atomic mass is 16.6. The summed E-state index contributed by atoms with van der Waals surface area (Å²) in [6.45, 7) is 7.33. The first kappa shape index (κ1) is 13.5. The molecular formula is C9H19N3O3. The minimum Gasteiger partial charge on any atom is -0.444 e. The van der Waals surface area contributed by atoms with Gasteiger partial charge in [0.05, 0.1) is 0 Å². The highest BCUT2D eigenvalue weighted by Gasteiger charge is 2.17. The minimum absolute atomic E-state index is 0.0751. The van der Waals surface area contributed by atoms with E-state index in [2.05, 4.69) is 10.5 Å². The van der Waals surface area contributed by atoms with Gasteiger partial charge in [-0.3, -0.25) is 0 Å². The number of amidine groups is 1. The summed E-state index contributed by atoms with van der Waals surface area (Å²) in [6.07, 6.45) is -0.514. The lowest BCUT2D eigenvalue weighted by Crippen LogP contribution is -2.38. The number of amides is 1. The molecule has 0 aliphatic carbocycles. The van der Waals surface area contributed by atoms with E-state index in [4.69, 9.17) is 15.7 Å². The number of alkyl carbamates (subject to hydrolysis) is 1. The molecule has 0 saturated heterocycles. The monoisotopic (exact) mass is 217 g/mol. The molecule has 1 atom stereocenters. The maximum atomic E-state index is 11.2. The quantitative estimate of drug-likeness (QED) is 0.283. The van der Waals surface area contributed by atoms with E-state index in [0.29, 0.717) is 0 Å². The number of hydrogen-bond acceptors (Lipinski definition) is 4. The van der Waals surface area contributed by atoms with Crippen LogP contribution in [0.15, 0.2) is 5.16 Å². The maximum Gasteiger partial charge on any atom is 0.407 e. The van der Waals surface area contributed by atoms with E-state index in [-0.39, 0.29) is 18.3 Å². The van der Waals surface area contributed by atoms with Crippen molar-refractivity contribution in [3.8, 4) is 0 Å². The summed E-state index contributed by atoms with van der Waals surface area (Å²) in [7, 11) is 0. The lowest BCUT2D eigenvalue weighted by Gasteiger charge is -2.20. The molecule has 1 amide bonds. The summed E-state index contributed by atoms with van der Waals surface area (Å²) in [5, 5.41) is 13.7. The van der Waals surface area contributed by atoms with Gasteiger partial charge >= 0.3 is 6.09 Å². The second-order valence-electron chi connectivity index (χ2n) is 4.31. The van der Waals surface area contributed by atoms with Crippen molar-refractivity contribution in [2.45, 2.75) is 33.3 Å². The molecule has 15 heavy (non-hydrogen) atoms. The van der Waals surface area contributed by atoms with Crippen molar-refractivity contribution >= 4 is 11.9 Å². The zero-order valence-electron chi connectivity index (χ0n) is 9.57. The summed E-state index contributed by atoms with van der Waals surface area (Å²) in [5.74, 6) is -0.159. The number of rotatable bonds is 3. The SMILES string of the molecule is CC(CNC(=O)OC(C)(C)C)C(N)=NO. The maximum absolute atomic E-state index is 11.2. The standard InChI is InChI=1S/C9H19N3O3/c1-6(7(10)12-14)5-11-8(13)15-9(2,3)4/h6,14H,5H2,1-4H3,(H2,10,12)(H,11,13). The molecule has 0 bridgehead atoms. The number of ether oxygens (including phenoxy) is 1. The molecule has 0 aliphatic heterocycles. The lowest BCUT2D eigenvalue weighted by molar-refractivity contribution is 0.0524. The van der Waals surface area contributed by atoms with Gasteiger partial charge in [-0.05, 0) is 20.8 Å². The van der Waals surface area contributed by atoms with Crippen molar-refractivity contribution in [1.82, 2.24) is 5.32 Å². The molecule has 6 nitrogen and oxygen atoms in total. The van der Waals surface area contributed by atoms with Gasteiger partial charge in [0.15, 0.2) is 0 Å². The summed E-state index contributed by atoms with van der Waals surface area (Å²) in [5.41, 5.74) is 4.81. The molecule has 0 radical (unpaired) electrons. The molecule has 0 aliphatic rings. The second kappa shape index (κ2) is 5.43. The molecule has 0 aromatic rings. The molecule has 6 heteroatoms. The van der Waals surface area contributed by atoms with Crippen LogP contribution in [0.5, 0.6) is 0 Å².